The summed E-state index contributed by atoms with van der Waals surface area (Å²) in [6.45, 7) is -1.09. The fourth-order valence-electron chi connectivity index (χ4n) is 2.04. The van der Waals surface area contributed by atoms with Crippen molar-refractivity contribution in [2.24, 2.45) is 0 Å². The molecule has 2 rings (SSSR count). The molecule has 6 nitrogen and oxygen atoms in total. The van der Waals surface area contributed by atoms with Gasteiger partial charge < -0.3 is 10.0 Å². The summed E-state index contributed by atoms with van der Waals surface area (Å²) >= 11 is 11.2. The van der Waals surface area contributed by atoms with E-state index in [4.69, 9.17) is 28.3 Å². The number of halogens is 4. The third kappa shape index (κ3) is 2.57. The summed E-state index contributed by atoms with van der Waals surface area (Å²) < 4.78 is 28.5. The number of nitrogens with zero attached hydrogens (tertiary/aromatic N) is 3. The van der Waals surface area contributed by atoms with Crippen molar-refractivity contribution < 1.29 is 18.7 Å². The van der Waals surface area contributed by atoms with Crippen LogP contribution in [0.5, 0.6) is 0 Å². The van der Waals surface area contributed by atoms with Gasteiger partial charge in [-0.05, 0) is 0 Å². The molecule has 1 amide bonds. The van der Waals surface area contributed by atoms with Gasteiger partial charge in [0.2, 0.25) is 0 Å². The second kappa shape index (κ2) is 5.53. The largest absolute Gasteiger partial charge is 0.465 e. The number of likely N-dealkylation sites (tertiary alicyclic amines) is 1. The minimum Gasteiger partial charge on any atom is -0.465 e. The average molecular weight is 328 g/mol. The first-order valence-corrected chi connectivity index (χ1v) is 6.27. The van der Waals surface area contributed by atoms with Crippen LogP contribution in [0.3, 0.4) is 0 Å². The lowest BCUT2D eigenvalue weighted by Gasteiger charge is -2.35. The van der Waals surface area contributed by atoms with E-state index in [1.165, 1.54) is 0 Å². The first-order chi connectivity index (χ1) is 9.32. The van der Waals surface area contributed by atoms with E-state index in [0.717, 1.165) is 6.20 Å². The minimum atomic E-state index is -1.92. The summed E-state index contributed by atoms with van der Waals surface area (Å²) in [6, 6.07) is -1.53. The zero-order valence-electron chi connectivity index (χ0n) is 9.84. The monoisotopic (exact) mass is 327 g/mol. The highest BCUT2D eigenvalue weighted by Gasteiger charge is 2.41. The topological polar surface area (TPSA) is 75.4 Å². The van der Waals surface area contributed by atoms with Crippen molar-refractivity contribution in [3.05, 3.63) is 26.6 Å². The first kappa shape index (κ1) is 15.0. The van der Waals surface area contributed by atoms with Crippen molar-refractivity contribution in [3.63, 3.8) is 0 Å². The van der Waals surface area contributed by atoms with E-state index in [9.17, 15) is 18.4 Å². The van der Waals surface area contributed by atoms with Crippen molar-refractivity contribution in [3.8, 4) is 0 Å². The van der Waals surface area contributed by atoms with Gasteiger partial charge in [-0.3, -0.25) is 4.79 Å². The minimum absolute atomic E-state index is 0.123. The van der Waals surface area contributed by atoms with Crippen molar-refractivity contribution >= 4 is 29.3 Å². The summed E-state index contributed by atoms with van der Waals surface area (Å²) in [5, 5.41) is 11.8. The molecule has 1 fully saturated rings. The van der Waals surface area contributed by atoms with Crippen LogP contribution in [0.25, 0.3) is 0 Å². The number of alkyl halides is 2. The molecular weight excluding hydrogens is 319 g/mol. The molecule has 0 bridgehead atoms. The maximum absolute atomic E-state index is 14.0. The first-order valence-electron chi connectivity index (χ1n) is 5.51. The van der Waals surface area contributed by atoms with Crippen molar-refractivity contribution in [2.45, 2.75) is 18.4 Å². The number of carbonyl (C=O) groups is 1. The zero-order valence-corrected chi connectivity index (χ0v) is 11.4. The maximum Gasteiger partial charge on any atom is 0.407 e. The molecule has 1 saturated heterocycles. The van der Waals surface area contributed by atoms with E-state index >= 15 is 0 Å². The molecule has 1 N–H and O–H groups in total. The summed E-state index contributed by atoms with van der Waals surface area (Å²) in [5.74, 6) is 0. The van der Waals surface area contributed by atoms with Gasteiger partial charge in [0.15, 0.2) is 0 Å². The van der Waals surface area contributed by atoms with Crippen LogP contribution in [0.15, 0.2) is 11.0 Å². The molecule has 10 heteroatoms. The third-order valence-corrected chi connectivity index (χ3v) is 3.73. The lowest BCUT2D eigenvalue weighted by Crippen LogP contribution is -2.53. The van der Waals surface area contributed by atoms with E-state index in [1.54, 1.807) is 0 Å². The van der Waals surface area contributed by atoms with E-state index in [0.29, 0.717) is 9.58 Å². The van der Waals surface area contributed by atoms with Crippen molar-refractivity contribution in [1.29, 1.82) is 0 Å². The predicted molar refractivity (Wildman–Crippen MR) is 66.9 cm³/mol. The summed E-state index contributed by atoms with van der Waals surface area (Å²) in [5.41, 5.74) is -0.918. The summed E-state index contributed by atoms with van der Waals surface area (Å²) in [7, 11) is 0. The maximum atomic E-state index is 14.0. The van der Waals surface area contributed by atoms with Crippen LogP contribution in [0.2, 0.25) is 10.0 Å². The lowest BCUT2D eigenvalue weighted by molar-refractivity contribution is 0.0193. The van der Waals surface area contributed by atoms with Crippen LogP contribution >= 0.6 is 23.2 Å². The standard InChI is InChI=1S/C10H9Cl2F2N3O3/c11-4-1-15-17(9(18)7(4)12)8-5(13)2-16(10(19)20)3-6(8)14/h1,5-6,8H,2-3H2,(H,19,20)/t5-,6-/m0/s1. The van der Waals surface area contributed by atoms with Crippen LogP contribution in [0.4, 0.5) is 13.6 Å². The van der Waals surface area contributed by atoms with Gasteiger partial charge in [0, 0.05) is 0 Å². The molecule has 1 aliphatic rings. The molecule has 0 aliphatic carbocycles. The van der Waals surface area contributed by atoms with Crippen LogP contribution in [0, 0.1) is 0 Å². The highest BCUT2D eigenvalue weighted by Crippen LogP contribution is 2.27. The summed E-state index contributed by atoms with van der Waals surface area (Å²) in [4.78, 5) is 23.1. The average Bonchev–Trinajstić information content (AvgIpc) is 2.37. The molecule has 110 valence electrons. The number of amides is 1. The van der Waals surface area contributed by atoms with Gasteiger partial charge >= 0.3 is 6.09 Å². The Hall–Kier alpha value is -1.41. The van der Waals surface area contributed by atoms with Gasteiger partial charge in [-0.25, -0.2) is 18.3 Å². The second-order valence-electron chi connectivity index (χ2n) is 4.27. The summed E-state index contributed by atoms with van der Waals surface area (Å²) in [6.07, 6.45) is -4.26. The SMILES string of the molecule is O=C(O)N1C[C@H](F)C(n2ncc(Cl)c(Cl)c2=O)[C@@H](F)C1. The fourth-order valence-corrected chi connectivity index (χ4v) is 2.30. The van der Waals surface area contributed by atoms with E-state index in [1.807, 2.05) is 0 Å². The molecule has 2 atom stereocenters. The number of rotatable bonds is 1. The number of aromatic nitrogens is 2. The Labute approximate surface area is 121 Å². The number of piperidine rings is 1. The Kier molecular flexibility index (Phi) is 4.14. The van der Waals surface area contributed by atoms with Crippen LogP contribution in [0.1, 0.15) is 6.04 Å². The quantitative estimate of drug-likeness (QED) is 0.852. The van der Waals surface area contributed by atoms with Crippen LogP contribution in [-0.4, -0.2) is 51.3 Å². The molecule has 0 saturated carbocycles. The van der Waals surface area contributed by atoms with Gasteiger partial charge in [0.05, 0.1) is 24.3 Å². The molecule has 2 heterocycles. The Morgan fingerprint density at radius 1 is 1.35 bits per heavy atom. The Balaban J connectivity index is 2.37. The molecule has 0 aromatic carbocycles. The van der Waals surface area contributed by atoms with Gasteiger partial charge in [0.1, 0.15) is 23.4 Å². The molecule has 1 aliphatic heterocycles. The molecule has 0 radical (unpaired) electrons. The smallest absolute Gasteiger partial charge is 0.407 e. The zero-order chi connectivity index (χ0) is 15.0. The Morgan fingerprint density at radius 3 is 2.40 bits per heavy atom. The van der Waals surface area contributed by atoms with E-state index in [-0.39, 0.29) is 10.0 Å². The van der Waals surface area contributed by atoms with Gasteiger partial charge in [-0.1, -0.05) is 23.2 Å². The lowest BCUT2D eigenvalue weighted by atomic mass is 10.0. The highest BCUT2D eigenvalue weighted by molar-refractivity contribution is 6.41. The third-order valence-electron chi connectivity index (χ3n) is 2.98. The highest BCUT2D eigenvalue weighted by atomic mass is 35.5. The number of carboxylic acid groups (broad SMARTS) is 1. The van der Waals surface area contributed by atoms with Crippen LogP contribution < -0.4 is 5.56 Å². The van der Waals surface area contributed by atoms with Crippen LogP contribution in [-0.2, 0) is 0 Å². The fraction of sp³-hybridized carbons (Fsp3) is 0.500. The molecule has 1 aromatic rings. The molecule has 20 heavy (non-hydrogen) atoms. The van der Waals surface area contributed by atoms with E-state index < -0.39 is 43.1 Å². The Bertz CT molecular complexity index is 586. The molecule has 0 spiro atoms. The molecule has 1 aromatic heterocycles. The second-order valence-corrected chi connectivity index (χ2v) is 5.05. The number of hydrogen-bond acceptors (Lipinski definition) is 3. The normalized spacial score (nSPS) is 23.9. The molecular formula is C10H9Cl2F2N3O3. The van der Waals surface area contributed by atoms with Crippen molar-refractivity contribution in [2.75, 3.05) is 13.1 Å². The van der Waals surface area contributed by atoms with Gasteiger partial charge in [-0.2, -0.15) is 5.10 Å². The van der Waals surface area contributed by atoms with E-state index in [2.05, 4.69) is 5.10 Å². The molecule has 0 unspecified atom stereocenters. The van der Waals surface area contributed by atoms with Gasteiger partial charge in [0.25, 0.3) is 5.56 Å². The number of hydrogen-bond donors (Lipinski definition) is 1. The Morgan fingerprint density at radius 2 is 1.90 bits per heavy atom. The van der Waals surface area contributed by atoms with Crippen molar-refractivity contribution in [1.82, 2.24) is 14.7 Å². The predicted octanol–water partition coefficient (Wildman–Crippen LogP) is 1.76. The van der Waals surface area contributed by atoms with Gasteiger partial charge in [-0.15, -0.1) is 0 Å².